The van der Waals surface area contributed by atoms with E-state index in [9.17, 15) is 14.3 Å². The minimum Gasteiger partial charge on any atom is -0.478 e. The van der Waals surface area contributed by atoms with Crippen LogP contribution < -0.4 is 0 Å². The molecule has 3 heterocycles. The number of halogens is 2. The van der Waals surface area contributed by atoms with Crippen LogP contribution in [0, 0.1) is 5.82 Å². The summed E-state index contributed by atoms with van der Waals surface area (Å²) in [5.74, 6) is -0.862. The van der Waals surface area contributed by atoms with Crippen molar-refractivity contribution in [3.05, 3.63) is 90.6 Å². The molecular formula is C24H18ClFN6O2. The zero-order valence-electron chi connectivity index (χ0n) is 17.8. The normalized spacial score (nSPS) is 10.6. The van der Waals surface area contributed by atoms with E-state index in [1.165, 1.54) is 22.9 Å². The van der Waals surface area contributed by atoms with Gasteiger partial charge >= 0.3 is 5.97 Å². The number of imidazole rings is 1. The lowest BCUT2D eigenvalue weighted by Gasteiger charge is -2.07. The SMILES string of the molecule is Cl.Cn1c(-c2cn(-c3ccccc3C(=O)O)nn2)nc(-c2ccc(F)cc2)c1-c1ccncc1. The quantitative estimate of drug-likeness (QED) is 0.396. The van der Waals surface area contributed by atoms with Gasteiger partial charge in [0.15, 0.2) is 5.82 Å². The van der Waals surface area contributed by atoms with Crippen molar-refractivity contribution in [3.8, 4) is 39.7 Å². The first kappa shape index (κ1) is 22.8. The van der Waals surface area contributed by atoms with E-state index < -0.39 is 5.97 Å². The van der Waals surface area contributed by atoms with E-state index in [0.29, 0.717) is 22.9 Å². The Hall–Kier alpha value is -4.37. The van der Waals surface area contributed by atoms with E-state index in [4.69, 9.17) is 4.98 Å². The molecule has 8 nitrogen and oxygen atoms in total. The lowest BCUT2D eigenvalue weighted by atomic mass is 10.1. The zero-order valence-corrected chi connectivity index (χ0v) is 18.6. The van der Waals surface area contributed by atoms with Gasteiger partial charge in [-0.15, -0.1) is 17.5 Å². The maximum absolute atomic E-state index is 13.5. The number of hydrogen-bond donors (Lipinski definition) is 1. The number of carboxylic acids is 1. The fourth-order valence-electron chi connectivity index (χ4n) is 3.72. The van der Waals surface area contributed by atoms with Gasteiger partial charge in [0.1, 0.15) is 11.5 Å². The minimum atomic E-state index is -1.06. The van der Waals surface area contributed by atoms with E-state index in [-0.39, 0.29) is 23.8 Å². The first-order valence-corrected chi connectivity index (χ1v) is 10.0. The van der Waals surface area contributed by atoms with Crippen molar-refractivity contribution >= 4 is 18.4 Å². The number of carboxylic acid groups (broad SMARTS) is 1. The van der Waals surface area contributed by atoms with Crippen LogP contribution in [0.5, 0.6) is 0 Å². The lowest BCUT2D eigenvalue weighted by Crippen LogP contribution is -2.05. The minimum absolute atomic E-state index is 0. The van der Waals surface area contributed by atoms with Crippen LogP contribution in [0.1, 0.15) is 10.4 Å². The van der Waals surface area contributed by atoms with Crippen molar-refractivity contribution in [3.63, 3.8) is 0 Å². The summed E-state index contributed by atoms with van der Waals surface area (Å²) in [5, 5.41) is 17.9. The van der Waals surface area contributed by atoms with Gasteiger partial charge in [-0.1, -0.05) is 17.3 Å². The number of rotatable bonds is 5. The highest BCUT2D eigenvalue weighted by atomic mass is 35.5. The Bertz CT molecular complexity index is 1460. The van der Waals surface area contributed by atoms with E-state index in [1.807, 2.05) is 23.7 Å². The third kappa shape index (κ3) is 4.04. The second-order valence-electron chi connectivity index (χ2n) is 7.31. The summed E-state index contributed by atoms with van der Waals surface area (Å²) >= 11 is 0. The molecule has 0 saturated carbocycles. The summed E-state index contributed by atoms with van der Waals surface area (Å²) in [5.41, 5.74) is 4.05. The molecule has 0 fully saturated rings. The monoisotopic (exact) mass is 476 g/mol. The number of hydrogen-bond acceptors (Lipinski definition) is 5. The van der Waals surface area contributed by atoms with Crippen LogP contribution in [0.15, 0.2) is 79.3 Å². The first-order chi connectivity index (χ1) is 16.0. The molecule has 1 N–H and O–H groups in total. The maximum atomic E-state index is 13.5. The molecule has 0 radical (unpaired) electrons. The topological polar surface area (TPSA) is 98.7 Å². The summed E-state index contributed by atoms with van der Waals surface area (Å²) in [6.07, 6.45) is 5.01. The highest BCUT2D eigenvalue weighted by molar-refractivity contribution is 5.91. The average molecular weight is 477 g/mol. The Morgan fingerprint density at radius 3 is 2.38 bits per heavy atom. The summed E-state index contributed by atoms with van der Waals surface area (Å²) in [6.45, 7) is 0. The molecule has 2 aromatic carbocycles. The fourth-order valence-corrected chi connectivity index (χ4v) is 3.72. The number of benzene rings is 2. The molecule has 0 bridgehead atoms. The molecule has 0 aliphatic rings. The smallest absolute Gasteiger partial charge is 0.337 e. The molecule has 34 heavy (non-hydrogen) atoms. The second kappa shape index (κ2) is 9.24. The lowest BCUT2D eigenvalue weighted by molar-refractivity contribution is 0.0696. The van der Waals surface area contributed by atoms with E-state index >= 15 is 0 Å². The van der Waals surface area contributed by atoms with Gasteiger partial charge in [0.05, 0.1) is 28.8 Å². The van der Waals surface area contributed by atoms with Crippen molar-refractivity contribution in [2.45, 2.75) is 0 Å². The predicted molar refractivity (Wildman–Crippen MR) is 126 cm³/mol. The van der Waals surface area contributed by atoms with E-state index in [2.05, 4.69) is 15.3 Å². The van der Waals surface area contributed by atoms with Gasteiger partial charge in [0, 0.05) is 30.6 Å². The van der Waals surface area contributed by atoms with Crippen LogP contribution in [-0.4, -0.2) is 40.6 Å². The van der Waals surface area contributed by atoms with Crippen LogP contribution in [-0.2, 0) is 7.05 Å². The Balaban J connectivity index is 0.00000274. The van der Waals surface area contributed by atoms with Gasteiger partial charge in [-0.05, 0) is 48.5 Å². The standard InChI is InChI=1S/C24H17FN6O2.ClH/c1-30-22(16-10-12-26-13-11-16)21(15-6-8-17(25)9-7-15)27-23(30)19-14-31(29-28-19)20-5-3-2-4-18(20)24(32)33;/h2-14H,1H3,(H,32,33);1H. The van der Waals surface area contributed by atoms with Crippen LogP contribution in [0.3, 0.4) is 0 Å². The number of aromatic nitrogens is 6. The largest absolute Gasteiger partial charge is 0.478 e. The van der Waals surface area contributed by atoms with Crippen LogP contribution >= 0.6 is 12.4 Å². The van der Waals surface area contributed by atoms with Crippen molar-refractivity contribution in [1.29, 1.82) is 0 Å². The van der Waals surface area contributed by atoms with Gasteiger partial charge < -0.3 is 9.67 Å². The van der Waals surface area contributed by atoms with Gasteiger partial charge in [0.2, 0.25) is 0 Å². The second-order valence-corrected chi connectivity index (χ2v) is 7.31. The Labute approximate surface area is 199 Å². The van der Waals surface area contributed by atoms with Crippen molar-refractivity contribution in [2.75, 3.05) is 0 Å². The highest BCUT2D eigenvalue weighted by Gasteiger charge is 2.22. The Kier molecular flexibility index (Phi) is 6.20. The molecule has 0 saturated heterocycles. The molecule has 0 amide bonds. The summed E-state index contributed by atoms with van der Waals surface area (Å²) in [4.78, 5) is 20.5. The molecular weight excluding hydrogens is 459 g/mol. The van der Waals surface area contributed by atoms with E-state index in [1.54, 1.807) is 48.9 Å². The third-order valence-corrected chi connectivity index (χ3v) is 5.27. The molecule has 170 valence electrons. The molecule has 0 aliphatic carbocycles. The molecule has 0 spiro atoms. The van der Waals surface area contributed by atoms with Gasteiger partial charge in [-0.3, -0.25) is 4.98 Å². The Morgan fingerprint density at radius 1 is 0.971 bits per heavy atom. The average Bonchev–Trinajstić information content (AvgIpc) is 3.45. The van der Waals surface area contributed by atoms with Crippen LogP contribution in [0.25, 0.3) is 39.7 Å². The van der Waals surface area contributed by atoms with Gasteiger partial charge in [0.25, 0.3) is 0 Å². The van der Waals surface area contributed by atoms with Crippen molar-refractivity contribution in [2.24, 2.45) is 7.05 Å². The number of nitrogens with zero attached hydrogens (tertiary/aromatic N) is 6. The summed E-state index contributed by atoms with van der Waals surface area (Å²) in [7, 11) is 1.86. The molecule has 0 aliphatic heterocycles. The zero-order chi connectivity index (χ0) is 22.9. The molecule has 3 aromatic heterocycles. The van der Waals surface area contributed by atoms with Crippen LogP contribution in [0.2, 0.25) is 0 Å². The molecule has 5 rings (SSSR count). The fraction of sp³-hybridized carbons (Fsp3) is 0.0417. The Morgan fingerprint density at radius 2 is 1.68 bits per heavy atom. The highest BCUT2D eigenvalue weighted by Crippen LogP contribution is 2.35. The number of aromatic carboxylic acids is 1. The predicted octanol–water partition coefficient (Wildman–Crippen LogP) is 4.66. The first-order valence-electron chi connectivity index (χ1n) is 10.0. The molecule has 0 unspecified atom stereocenters. The molecule has 5 aromatic rings. The summed E-state index contributed by atoms with van der Waals surface area (Å²) < 4.78 is 16.8. The van der Waals surface area contributed by atoms with Crippen molar-refractivity contribution in [1.82, 2.24) is 29.5 Å². The summed E-state index contributed by atoms with van der Waals surface area (Å²) in [6, 6.07) is 16.4. The maximum Gasteiger partial charge on any atom is 0.337 e. The third-order valence-electron chi connectivity index (χ3n) is 5.27. The number of para-hydroxylation sites is 1. The van der Waals surface area contributed by atoms with Gasteiger partial charge in [-0.25, -0.2) is 18.9 Å². The molecule has 0 atom stereocenters. The van der Waals surface area contributed by atoms with E-state index in [0.717, 1.165) is 16.8 Å². The number of pyridine rings is 1. The van der Waals surface area contributed by atoms with Gasteiger partial charge in [-0.2, -0.15) is 0 Å². The van der Waals surface area contributed by atoms with Crippen molar-refractivity contribution < 1.29 is 14.3 Å². The van der Waals surface area contributed by atoms with Crippen LogP contribution in [0.4, 0.5) is 4.39 Å². The molecule has 10 heteroatoms. The number of carbonyl (C=O) groups is 1.